The highest BCUT2D eigenvalue weighted by Gasteiger charge is 2.78. The van der Waals surface area contributed by atoms with Gasteiger partial charge in [0, 0.05) is 31.0 Å². The number of carbonyl (C=O) groups excluding carboxylic acids is 2. The minimum atomic E-state index is -4.84. The molecule has 0 aromatic heterocycles. The van der Waals surface area contributed by atoms with Crippen LogP contribution >= 0.6 is 0 Å². The minimum absolute atomic E-state index is 0.0265. The summed E-state index contributed by atoms with van der Waals surface area (Å²) in [7, 11) is 0. The Balaban J connectivity index is 1.34. The van der Waals surface area contributed by atoms with Gasteiger partial charge in [0.1, 0.15) is 18.5 Å². The van der Waals surface area contributed by atoms with E-state index in [2.05, 4.69) is 4.74 Å². The number of ether oxygens (including phenoxy) is 1. The van der Waals surface area contributed by atoms with Crippen LogP contribution < -0.4 is 4.74 Å². The van der Waals surface area contributed by atoms with E-state index in [0.717, 1.165) is 6.08 Å². The van der Waals surface area contributed by atoms with Gasteiger partial charge in [0.2, 0.25) is 0 Å². The number of likely N-dealkylation sites (tertiary alicyclic amines) is 1. The summed E-state index contributed by atoms with van der Waals surface area (Å²) < 4.78 is 75.6. The van der Waals surface area contributed by atoms with Crippen molar-refractivity contribution in [1.29, 1.82) is 0 Å². The second-order valence-corrected chi connectivity index (χ2v) is 13.2. The van der Waals surface area contributed by atoms with Crippen LogP contribution in [0, 0.1) is 34.0 Å². The number of fused-ring (bicyclic) bond motifs is 7. The first-order chi connectivity index (χ1) is 19.6. The standard InChI is InChI=1S/C31H34F5NO5/c1-27-7-6-19(39)10-23(27)24(32)11-22-21-9-18-14-37(13-17-4-3-5-20(8-17)42-31(34,35)36)16-29(18,26(41)15-38)28(21,2)12-25(40)30(22,27)33/h3-8,10,18,21-22,24-25,38,40H,9,11-16H2,1-2H3. The minimum Gasteiger partial charge on any atom is -0.406 e. The van der Waals surface area contributed by atoms with E-state index in [9.17, 15) is 33.0 Å². The number of halogens is 5. The molecule has 0 bridgehead atoms. The number of nitrogens with zero attached hydrogens (tertiary/aromatic N) is 1. The molecule has 1 saturated heterocycles. The molecule has 0 radical (unpaired) electrons. The maximum Gasteiger partial charge on any atom is 0.573 e. The number of allylic oxidation sites excluding steroid dienone is 4. The predicted molar refractivity (Wildman–Crippen MR) is 140 cm³/mol. The molecular formula is C31H34F5NO5. The van der Waals surface area contributed by atoms with Gasteiger partial charge in [-0.25, -0.2) is 8.78 Å². The summed E-state index contributed by atoms with van der Waals surface area (Å²) in [5.74, 6) is -3.00. The topological polar surface area (TPSA) is 87.1 Å². The average molecular weight is 596 g/mol. The first-order valence-electron chi connectivity index (χ1n) is 14.3. The van der Waals surface area contributed by atoms with Gasteiger partial charge in [-0.1, -0.05) is 25.1 Å². The van der Waals surface area contributed by atoms with Crippen LogP contribution in [0.15, 0.2) is 48.1 Å². The van der Waals surface area contributed by atoms with Crippen molar-refractivity contribution in [3.63, 3.8) is 0 Å². The van der Waals surface area contributed by atoms with Crippen molar-refractivity contribution < 1.29 is 46.5 Å². The van der Waals surface area contributed by atoms with E-state index in [1.54, 1.807) is 6.07 Å². The van der Waals surface area contributed by atoms with Crippen molar-refractivity contribution >= 4 is 11.6 Å². The van der Waals surface area contributed by atoms with Crippen LogP contribution in [0.4, 0.5) is 22.0 Å². The third-order valence-electron chi connectivity index (χ3n) is 11.4. The maximum absolute atomic E-state index is 17.5. The third kappa shape index (κ3) is 3.91. The number of aliphatic hydroxyl groups is 2. The van der Waals surface area contributed by atoms with Crippen molar-refractivity contribution in [3.05, 3.63) is 53.6 Å². The summed E-state index contributed by atoms with van der Waals surface area (Å²) in [5, 5.41) is 21.7. The monoisotopic (exact) mass is 595 g/mol. The molecule has 2 N–H and O–H groups in total. The molecule has 4 fully saturated rings. The largest absolute Gasteiger partial charge is 0.573 e. The zero-order valence-corrected chi connectivity index (χ0v) is 23.3. The van der Waals surface area contributed by atoms with Crippen LogP contribution in [-0.4, -0.2) is 70.7 Å². The Morgan fingerprint density at radius 2 is 1.93 bits per heavy atom. The SMILES string of the molecule is CC12C=CC(=O)C=C1C(F)CC1C3CC4CN(Cc5cccc(OC(F)(F)F)c5)CC4(C(=O)CO)C3(C)CC(O)C12F. The quantitative estimate of drug-likeness (QED) is 0.488. The van der Waals surface area contributed by atoms with E-state index < -0.39 is 70.6 Å². The number of alkyl halides is 5. The molecule has 1 aromatic rings. The molecular weight excluding hydrogens is 561 g/mol. The Hall–Kier alpha value is -2.63. The number of hydrogen-bond donors (Lipinski definition) is 2. The Labute approximate surface area is 240 Å². The molecule has 1 heterocycles. The first-order valence-corrected chi connectivity index (χ1v) is 14.3. The van der Waals surface area contributed by atoms with Gasteiger partial charge in [0.05, 0.1) is 11.5 Å². The molecule has 9 unspecified atom stereocenters. The van der Waals surface area contributed by atoms with Gasteiger partial charge in [0.15, 0.2) is 17.2 Å². The fraction of sp³-hybridized carbons (Fsp3) is 0.613. The van der Waals surface area contributed by atoms with E-state index in [0.29, 0.717) is 18.5 Å². The summed E-state index contributed by atoms with van der Waals surface area (Å²) >= 11 is 0. The lowest BCUT2D eigenvalue weighted by Gasteiger charge is -2.63. The molecule has 6 nitrogen and oxygen atoms in total. The molecule has 5 aliphatic rings. The van der Waals surface area contributed by atoms with Crippen LogP contribution in [0.1, 0.15) is 38.7 Å². The summed E-state index contributed by atoms with van der Waals surface area (Å²) in [6, 6.07) is 5.59. The molecule has 3 saturated carbocycles. The first kappa shape index (κ1) is 29.4. The van der Waals surface area contributed by atoms with Crippen LogP contribution in [-0.2, 0) is 16.1 Å². The van der Waals surface area contributed by atoms with Crippen molar-refractivity contribution in [2.24, 2.45) is 34.0 Å². The van der Waals surface area contributed by atoms with E-state index in [4.69, 9.17) is 0 Å². The Kier molecular flexibility index (Phi) is 6.61. The van der Waals surface area contributed by atoms with Crippen molar-refractivity contribution in [3.8, 4) is 5.75 Å². The lowest BCUT2D eigenvalue weighted by atomic mass is 9.43. The molecule has 6 rings (SSSR count). The van der Waals surface area contributed by atoms with Crippen molar-refractivity contribution in [2.45, 2.75) is 64.0 Å². The van der Waals surface area contributed by atoms with Gasteiger partial charge in [-0.2, -0.15) is 0 Å². The molecule has 11 heteroatoms. The molecule has 1 aromatic carbocycles. The van der Waals surface area contributed by atoms with Gasteiger partial charge < -0.3 is 14.9 Å². The fourth-order valence-electron chi connectivity index (χ4n) is 9.74. The zero-order chi connectivity index (χ0) is 30.5. The second-order valence-electron chi connectivity index (χ2n) is 13.2. The molecule has 0 amide bonds. The van der Waals surface area contributed by atoms with E-state index in [-0.39, 0.29) is 43.2 Å². The number of benzene rings is 1. The second kappa shape index (κ2) is 9.43. The van der Waals surface area contributed by atoms with Gasteiger partial charge in [-0.15, -0.1) is 13.2 Å². The smallest absolute Gasteiger partial charge is 0.406 e. The van der Waals surface area contributed by atoms with E-state index in [1.807, 2.05) is 11.8 Å². The summed E-state index contributed by atoms with van der Waals surface area (Å²) in [4.78, 5) is 27.7. The van der Waals surface area contributed by atoms with Gasteiger partial charge in [-0.05, 0) is 78.9 Å². The predicted octanol–water partition coefficient (Wildman–Crippen LogP) is 4.49. The fourth-order valence-corrected chi connectivity index (χ4v) is 9.74. The Morgan fingerprint density at radius 3 is 2.62 bits per heavy atom. The summed E-state index contributed by atoms with van der Waals surface area (Å²) in [6.07, 6.45) is -4.26. The maximum atomic E-state index is 17.5. The zero-order valence-electron chi connectivity index (χ0n) is 23.3. The van der Waals surface area contributed by atoms with Gasteiger partial charge >= 0.3 is 6.36 Å². The molecule has 1 aliphatic heterocycles. The Bertz CT molecular complexity index is 1380. The van der Waals surface area contributed by atoms with E-state index in [1.165, 1.54) is 37.3 Å². The number of aliphatic hydroxyl groups excluding tert-OH is 2. The van der Waals surface area contributed by atoms with Crippen molar-refractivity contribution in [2.75, 3.05) is 19.7 Å². The summed E-state index contributed by atoms with van der Waals surface area (Å²) in [5.41, 5.74) is -5.41. The lowest BCUT2D eigenvalue weighted by molar-refractivity contribution is -0.274. The number of ketones is 2. The highest BCUT2D eigenvalue weighted by molar-refractivity contribution is 6.01. The van der Waals surface area contributed by atoms with E-state index >= 15 is 8.78 Å². The third-order valence-corrected chi connectivity index (χ3v) is 11.4. The molecule has 42 heavy (non-hydrogen) atoms. The highest BCUT2D eigenvalue weighted by atomic mass is 19.4. The molecule has 0 spiro atoms. The van der Waals surface area contributed by atoms with Crippen LogP contribution in [0.5, 0.6) is 5.75 Å². The van der Waals surface area contributed by atoms with Crippen LogP contribution in [0.2, 0.25) is 0 Å². The van der Waals surface area contributed by atoms with Gasteiger partial charge in [0.25, 0.3) is 0 Å². The van der Waals surface area contributed by atoms with Crippen LogP contribution in [0.25, 0.3) is 0 Å². The number of carbonyl (C=O) groups is 2. The number of rotatable bonds is 5. The number of hydrogen-bond acceptors (Lipinski definition) is 6. The van der Waals surface area contributed by atoms with Crippen molar-refractivity contribution in [1.82, 2.24) is 4.90 Å². The molecule has 228 valence electrons. The Morgan fingerprint density at radius 1 is 1.19 bits per heavy atom. The molecule has 4 aliphatic carbocycles. The van der Waals surface area contributed by atoms with Gasteiger partial charge in [-0.3, -0.25) is 14.5 Å². The van der Waals surface area contributed by atoms with Crippen LogP contribution in [0.3, 0.4) is 0 Å². The highest BCUT2D eigenvalue weighted by Crippen LogP contribution is 2.74. The molecule has 9 atom stereocenters. The summed E-state index contributed by atoms with van der Waals surface area (Å²) in [6.45, 7) is 3.32. The average Bonchev–Trinajstić information content (AvgIpc) is 3.38. The normalized spacial score (nSPS) is 42.8. The number of Topliss-reactive ketones (excluding diaryl/α,β-unsaturated/α-hetero) is 1. The lowest BCUT2D eigenvalue weighted by Crippen LogP contribution is -2.69.